The van der Waals surface area contributed by atoms with Crippen LogP contribution in [0.3, 0.4) is 0 Å². The molecule has 1 fully saturated rings. The molecular weight excluding hydrogens is 317 g/mol. The van der Waals surface area contributed by atoms with Gasteiger partial charge in [0.15, 0.2) is 5.82 Å². The van der Waals surface area contributed by atoms with Crippen molar-refractivity contribution in [1.82, 2.24) is 9.78 Å². The number of aromatic nitrogens is 2. The van der Waals surface area contributed by atoms with Crippen LogP contribution in [-0.2, 0) is 10.2 Å². The van der Waals surface area contributed by atoms with E-state index < -0.39 is 5.41 Å². The van der Waals surface area contributed by atoms with Gasteiger partial charge in [0, 0.05) is 12.3 Å². The van der Waals surface area contributed by atoms with Crippen molar-refractivity contribution < 1.29 is 9.18 Å². The van der Waals surface area contributed by atoms with Gasteiger partial charge in [-0.25, -0.2) is 9.07 Å². The molecule has 0 aliphatic heterocycles. The Bertz CT molecular complexity index is 900. The number of rotatable bonds is 4. The van der Waals surface area contributed by atoms with Crippen LogP contribution in [0.25, 0.3) is 5.69 Å². The van der Waals surface area contributed by atoms with E-state index in [-0.39, 0.29) is 11.7 Å². The third kappa shape index (κ3) is 2.82. The summed E-state index contributed by atoms with van der Waals surface area (Å²) in [7, 11) is 0. The van der Waals surface area contributed by atoms with Crippen LogP contribution >= 0.6 is 0 Å². The molecule has 1 heterocycles. The van der Waals surface area contributed by atoms with Gasteiger partial charge in [0.25, 0.3) is 0 Å². The Morgan fingerprint density at radius 1 is 1.08 bits per heavy atom. The largest absolute Gasteiger partial charge is 0.308 e. The van der Waals surface area contributed by atoms with E-state index in [9.17, 15) is 9.18 Å². The first-order valence-electron chi connectivity index (χ1n) is 8.36. The number of hydrogen-bond donors (Lipinski definition) is 1. The molecule has 1 saturated carbocycles. The highest BCUT2D eigenvalue weighted by molar-refractivity contribution is 5.99. The molecule has 4 rings (SSSR count). The fourth-order valence-corrected chi connectivity index (χ4v) is 3.31. The Morgan fingerprint density at radius 2 is 1.88 bits per heavy atom. The van der Waals surface area contributed by atoms with Gasteiger partial charge in [-0.05, 0) is 42.7 Å². The van der Waals surface area contributed by atoms with Gasteiger partial charge in [-0.15, -0.1) is 0 Å². The van der Waals surface area contributed by atoms with E-state index in [2.05, 4.69) is 10.4 Å². The summed E-state index contributed by atoms with van der Waals surface area (Å²) < 4.78 is 15.3. The lowest BCUT2D eigenvalue weighted by Gasteiger charge is -2.40. The number of para-hydroxylation sites is 1. The maximum absolute atomic E-state index is 13.6. The van der Waals surface area contributed by atoms with Gasteiger partial charge in [-0.2, -0.15) is 5.10 Å². The van der Waals surface area contributed by atoms with Gasteiger partial charge < -0.3 is 5.32 Å². The maximum atomic E-state index is 13.6. The molecule has 1 N–H and O–H groups in total. The predicted octanol–water partition coefficient (Wildman–Crippen LogP) is 4.07. The van der Waals surface area contributed by atoms with Crippen LogP contribution in [0.1, 0.15) is 24.8 Å². The minimum Gasteiger partial charge on any atom is -0.308 e. The summed E-state index contributed by atoms with van der Waals surface area (Å²) in [6.45, 7) is 0. The standard InChI is InChI=1S/C20H18FN3O/c21-16-7-4-6-15(14-16)20(11-5-12-20)19(25)22-18-10-13-24(23-18)17-8-2-1-3-9-17/h1-4,6-10,13-14H,5,11-12H2,(H,22,23,25). The lowest BCUT2D eigenvalue weighted by molar-refractivity contribution is -0.124. The molecule has 3 aromatic rings. The van der Waals surface area contributed by atoms with Crippen LogP contribution in [0, 0.1) is 5.82 Å². The van der Waals surface area contributed by atoms with Gasteiger partial charge in [0.1, 0.15) is 5.82 Å². The number of hydrogen-bond acceptors (Lipinski definition) is 2. The number of anilines is 1. The topological polar surface area (TPSA) is 46.9 Å². The second kappa shape index (κ2) is 6.16. The molecule has 25 heavy (non-hydrogen) atoms. The van der Waals surface area contributed by atoms with Crippen molar-refractivity contribution in [2.24, 2.45) is 0 Å². The molecular formula is C20H18FN3O. The first-order valence-corrected chi connectivity index (χ1v) is 8.36. The number of nitrogens with one attached hydrogen (secondary N) is 1. The summed E-state index contributed by atoms with van der Waals surface area (Å²) in [5.41, 5.74) is 1.00. The molecule has 0 spiro atoms. The van der Waals surface area contributed by atoms with Crippen molar-refractivity contribution in [2.75, 3.05) is 5.32 Å². The number of amides is 1. The smallest absolute Gasteiger partial charge is 0.236 e. The molecule has 4 nitrogen and oxygen atoms in total. The summed E-state index contributed by atoms with van der Waals surface area (Å²) in [4.78, 5) is 12.9. The molecule has 1 aromatic heterocycles. The number of halogens is 1. The summed E-state index contributed by atoms with van der Waals surface area (Å²) in [5, 5.41) is 7.31. The zero-order valence-corrected chi connectivity index (χ0v) is 13.7. The van der Waals surface area contributed by atoms with Crippen LogP contribution in [0.2, 0.25) is 0 Å². The number of carbonyl (C=O) groups excluding carboxylic acids is 1. The maximum Gasteiger partial charge on any atom is 0.236 e. The molecule has 0 saturated heterocycles. The molecule has 0 unspecified atom stereocenters. The average Bonchev–Trinajstić information content (AvgIpc) is 3.03. The van der Waals surface area contributed by atoms with Crippen molar-refractivity contribution in [2.45, 2.75) is 24.7 Å². The Kier molecular flexibility index (Phi) is 3.84. The summed E-state index contributed by atoms with van der Waals surface area (Å²) in [5.74, 6) is 0.0594. The summed E-state index contributed by atoms with van der Waals surface area (Å²) in [6, 6.07) is 17.8. The van der Waals surface area contributed by atoms with Crippen molar-refractivity contribution >= 4 is 11.7 Å². The van der Waals surface area contributed by atoms with Gasteiger partial charge in [-0.3, -0.25) is 4.79 Å². The second-order valence-electron chi connectivity index (χ2n) is 6.38. The van der Waals surface area contributed by atoms with E-state index >= 15 is 0 Å². The Morgan fingerprint density at radius 3 is 2.56 bits per heavy atom. The summed E-state index contributed by atoms with van der Waals surface area (Å²) in [6.07, 6.45) is 4.21. The molecule has 5 heteroatoms. The molecule has 0 atom stereocenters. The quantitative estimate of drug-likeness (QED) is 0.781. The molecule has 0 radical (unpaired) electrons. The third-order valence-electron chi connectivity index (χ3n) is 4.87. The van der Waals surface area contributed by atoms with E-state index in [4.69, 9.17) is 0 Å². The zero-order valence-electron chi connectivity index (χ0n) is 13.7. The van der Waals surface area contributed by atoms with Crippen molar-refractivity contribution in [1.29, 1.82) is 0 Å². The van der Waals surface area contributed by atoms with Crippen molar-refractivity contribution in [3.63, 3.8) is 0 Å². The third-order valence-corrected chi connectivity index (χ3v) is 4.87. The van der Waals surface area contributed by atoms with Gasteiger partial charge in [0.2, 0.25) is 5.91 Å². The second-order valence-corrected chi connectivity index (χ2v) is 6.38. The van der Waals surface area contributed by atoms with E-state index in [0.29, 0.717) is 5.82 Å². The first kappa shape index (κ1) is 15.6. The Labute approximate surface area is 145 Å². The molecule has 1 aliphatic carbocycles. The molecule has 2 aromatic carbocycles. The molecule has 126 valence electrons. The van der Waals surface area contributed by atoms with Crippen LogP contribution in [0.4, 0.5) is 10.2 Å². The van der Waals surface area contributed by atoms with Crippen LogP contribution in [0.5, 0.6) is 0 Å². The lowest BCUT2D eigenvalue weighted by atomic mass is 9.64. The SMILES string of the molecule is O=C(Nc1ccn(-c2ccccc2)n1)C1(c2cccc(F)c2)CCC1. The molecule has 0 bridgehead atoms. The van der Waals surface area contributed by atoms with E-state index in [1.807, 2.05) is 36.4 Å². The highest BCUT2D eigenvalue weighted by Crippen LogP contribution is 2.44. The Hall–Kier alpha value is -2.95. The fraction of sp³-hybridized carbons (Fsp3) is 0.200. The zero-order chi connectivity index (χ0) is 17.3. The highest BCUT2D eigenvalue weighted by Gasteiger charge is 2.46. The average molecular weight is 335 g/mol. The molecule has 1 amide bonds. The minimum absolute atomic E-state index is 0.123. The van der Waals surface area contributed by atoms with Crippen LogP contribution in [-0.4, -0.2) is 15.7 Å². The van der Waals surface area contributed by atoms with Crippen molar-refractivity contribution in [3.05, 3.63) is 78.2 Å². The van der Waals surface area contributed by atoms with E-state index in [1.54, 1.807) is 23.0 Å². The highest BCUT2D eigenvalue weighted by atomic mass is 19.1. The number of benzene rings is 2. The predicted molar refractivity (Wildman–Crippen MR) is 94.1 cm³/mol. The first-order chi connectivity index (χ1) is 12.2. The Balaban J connectivity index is 1.56. The monoisotopic (exact) mass is 335 g/mol. The normalized spacial score (nSPS) is 15.4. The van der Waals surface area contributed by atoms with Gasteiger partial charge in [-0.1, -0.05) is 36.8 Å². The van der Waals surface area contributed by atoms with Gasteiger partial charge in [0.05, 0.1) is 11.1 Å². The minimum atomic E-state index is -0.654. The molecule has 1 aliphatic rings. The van der Waals surface area contributed by atoms with E-state index in [1.165, 1.54) is 12.1 Å². The van der Waals surface area contributed by atoms with Crippen LogP contribution < -0.4 is 5.32 Å². The number of carbonyl (C=O) groups is 1. The van der Waals surface area contributed by atoms with Crippen molar-refractivity contribution in [3.8, 4) is 5.69 Å². The van der Waals surface area contributed by atoms with E-state index in [0.717, 1.165) is 30.5 Å². The number of nitrogens with zero attached hydrogens (tertiary/aromatic N) is 2. The lowest BCUT2D eigenvalue weighted by Crippen LogP contribution is -2.46. The fourth-order valence-electron chi connectivity index (χ4n) is 3.31. The van der Waals surface area contributed by atoms with Gasteiger partial charge >= 0.3 is 0 Å². The van der Waals surface area contributed by atoms with Crippen LogP contribution in [0.15, 0.2) is 66.9 Å². The summed E-state index contributed by atoms with van der Waals surface area (Å²) >= 11 is 0.